The monoisotopic (exact) mass is 281 g/mol. The summed E-state index contributed by atoms with van der Waals surface area (Å²) in [4.78, 5) is 11.9. The zero-order valence-electron chi connectivity index (χ0n) is 12.0. The highest BCUT2D eigenvalue weighted by atomic mass is 19.1. The first-order valence-corrected chi connectivity index (χ1v) is 6.71. The van der Waals surface area contributed by atoms with Crippen molar-refractivity contribution < 1.29 is 18.7 Å². The van der Waals surface area contributed by atoms with Gasteiger partial charge in [-0.2, -0.15) is 0 Å². The number of rotatable bonds is 4. The van der Waals surface area contributed by atoms with Crippen LogP contribution in [-0.2, 0) is 9.53 Å². The third kappa shape index (κ3) is 2.77. The van der Waals surface area contributed by atoms with E-state index in [1.807, 2.05) is 0 Å². The molecule has 110 valence electrons. The normalized spacial score (nSPS) is 25.5. The number of carbonyl (C=O) groups is 1. The Labute approximate surface area is 118 Å². The van der Waals surface area contributed by atoms with Gasteiger partial charge in [0, 0.05) is 12.5 Å². The SMILES string of the molecule is CNC1(C(=O)OC)CCC(Oc2ccc(C)c(F)c2)C1. The van der Waals surface area contributed by atoms with Crippen molar-refractivity contribution in [2.45, 2.75) is 37.8 Å². The Bertz CT molecular complexity index is 506. The summed E-state index contributed by atoms with van der Waals surface area (Å²) >= 11 is 0. The smallest absolute Gasteiger partial charge is 0.326 e. The number of halogens is 1. The Hall–Kier alpha value is -1.62. The number of hydrogen-bond acceptors (Lipinski definition) is 4. The van der Waals surface area contributed by atoms with Crippen molar-refractivity contribution in [2.24, 2.45) is 0 Å². The highest BCUT2D eigenvalue weighted by Crippen LogP contribution is 2.33. The topological polar surface area (TPSA) is 47.6 Å². The molecule has 5 heteroatoms. The second-order valence-electron chi connectivity index (χ2n) is 5.22. The fourth-order valence-electron chi connectivity index (χ4n) is 2.65. The van der Waals surface area contributed by atoms with E-state index in [2.05, 4.69) is 5.32 Å². The van der Waals surface area contributed by atoms with Gasteiger partial charge in [-0.05, 0) is 38.4 Å². The van der Waals surface area contributed by atoms with Crippen LogP contribution in [0.15, 0.2) is 18.2 Å². The van der Waals surface area contributed by atoms with Crippen LogP contribution in [0.5, 0.6) is 5.75 Å². The standard InChI is InChI=1S/C15H20FNO3/c1-10-4-5-11(8-13(10)16)20-12-6-7-15(9-12,17-2)14(18)19-3/h4-5,8,12,17H,6-7,9H2,1-3H3. The first kappa shape index (κ1) is 14.8. The zero-order valence-corrected chi connectivity index (χ0v) is 12.0. The number of aryl methyl sites for hydroxylation is 1. The molecule has 0 aromatic heterocycles. The minimum atomic E-state index is -0.692. The van der Waals surface area contributed by atoms with Crippen LogP contribution in [0.3, 0.4) is 0 Å². The summed E-state index contributed by atoms with van der Waals surface area (Å²) in [6.07, 6.45) is 1.77. The van der Waals surface area contributed by atoms with Crippen LogP contribution < -0.4 is 10.1 Å². The predicted molar refractivity (Wildman–Crippen MR) is 73.2 cm³/mol. The van der Waals surface area contributed by atoms with Crippen molar-refractivity contribution >= 4 is 5.97 Å². The average Bonchev–Trinajstić information content (AvgIpc) is 2.86. The molecule has 1 fully saturated rings. The van der Waals surface area contributed by atoms with E-state index >= 15 is 0 Å². The number of nitrogens with one attached hydrogen (secondary N) is 1. The van der Waals surface area contributed by atoms with Gasteiger partial charge in [0.15, 0.2) is 0 Å². The molecular weight excluding hydrogens is 261 g/mol. The van der Waals surface area contributed by atoms with Gasteiger partial charge in [0.2, 0.25) is 0 Å². The zero-order chi connectivity index (χ0) is 14.8. The van der Waals surface area contributed by atoms with Crippen LogP contribution in [0, 0.1) is 12.7 Å². The first-order chi connectivity index (χ1) is 9.50. The maximum atomic E-state index is 13.5. The number of esters is 1. The first-order valence-electron chi connectivity index (χ1n) is 6.71. The van der Waals surface area contributed by atoms with Crippen LogP contribution >= 0.6 is 0 Å². The molecule has 0 radical (unpaired) electrons. The fourth-order valence-corrected chi connectivity index (χ4v) is 2.65. The van der Waals surface area contributed by atoms with Crippen LogP contribution in [0.2, 0.25) is 0 Å². The quantitative estimate of drug-likeness (QED) is 0.860. The summed E-state index contributed by atoms with van der Waals surface area (Å²) < 4.78 is 24.1. The van der Waals surface area contributed by atoms with Crippen molar-refractivity contribution in [1.82, 2.24) is 5.32 Å². The summed E-state index contributed by atoms with van der Waals surface area (Å²) in [5.41, 5.74) is -0.106. The summed E-state index contributed by atoms with van der Waals surface area (Å²) in [6.45, 7) is 1.71. The molecule has 1 aromatic rings. The molecule has 0 heterocycles. The van der Waals surface area contributed by atoms with Gasteiger partial charge in [-0.25, -0.2) is 4.39 Å². The lowest BCUT2D eigenvalue weighted by molar-refractivity contribution is -0.148. The Morgan fingerprint density at radius 2 is 2.25 bits per heavy atom. The van der Waals surface area contributed by atoms with Crippen molar-refractivity contribution in [3.05, 3.63) is 29.6 Å². The van der Waals surface area contributed by atoms with E-state index in [1.165, 1.54) is 13.2 Å². The van der Waals surface area contributed by atoms with E-state index in [9.17, 15) is 9.18 Å². The van der Waals surface area contributed by atoms with Crippen LogP contribution in [0.4, 0.5) is 4.39 Å². The number of benzene rings is 1. The molecule has 20 heavy (non-hydrogen) atoms. The lowest BCUT2D eigenvalue weighted by Gasteiger charge is -2.25. The van der Waals surface area contributed by atoms with E-state index in [1.54, 1.807) is 26.1 Å². The van der Waals surface area contributed by atoms with Gasteiger partial charge >= 0.3 is 5.97 Å². The van der Waals surface area contributed by atoms with Gasteiger partial charge in [-0.15, -0.1) is 0 Å². The number of likely N-dealkylation sites (N-methyl/N-ethyl adjacent to an activating group) is 1. The third-order valence-corrected chi connectivity index (χ3v) is 3.97. The largest absolute Gasteiger partial charge is 0.490 e. The minimum absolute atomic E-state index is 0.122. The second-order valence-corrected chi connectivity index (χ2v) is 5.22. The number of methoxy groups -OCH3 is 1. The summed E-state index contributed by atoms with van der Waals surface area (Å²) in [6, 6.07) is 4.81. The van der Waals surface area contributed by atoms with E-state index in [0.29, 0.717) is 24.2 Å². The van der Waals surface area contributed by atoms with Crippen LogP contribution in [-0.4, -0.2) is 31.8 Å². The number of ether oxygens (including phenoxy) is 2. The van der Waals surface area contributed by atoms with Gasteiger partial charge in [-0.1, -0.05) is 6.07 Å². The summed E-state index contributed by atoms with van der Waals surface area (Å²) in [5.74, 6) is -0.0654. The Balaban J connectivity index is 2.05. The Morgan fingerprint density at radius 1 is 1.50 bits per heavy atom. The highest BCUT2D eigenvalue weighted by molar-refractivity contribution is 5.81. The number of hydrogen-bond donors (Lipinski definition) is 1. The molecule has 0 amide bonds. The Morgan fingerprint density at radius 3 is 2.85 bits per heavy atom. The molecule has 0 aliphatic heterocycles. The summed E-state index contributed by atoms with van der Waals surface area (Å²) in [5, 5.41) is 3.04. The Kier molecular flexibility index (Phi) is 4.28. The molecular formula is C15H20FNO3. The lowest BCUT2D eigenvalue weighted by Crippen LogP contribution is -2.49. The molecule has 1 aromatic carbocycles. The maximum Gasteiger partial charge on any atom is 0.326 e. The van der Waals surface area contributed by atoms with Crippen molar-refractivity contribution in [1.29, 1.82) is 0 Å². The van der Waals surface area contributed by atoms with Crippen molar-refractivity contribution in [2.75, 3.05) is 14.2 Å². The van der Waals surface area contributed by atoms with E-state index in [-0.39, 0.29) is 17.9 Å². The molecule has 4 nitrogen and oxygen atoms in total. The van der Waals surface area contributed by atoms with Crippen LogP contribution in [0.1, 0.15) is 24.8 Å². The lowest BCUT2D eigenvalue weighted by atomic mass is 9.98. The number of carbonyl (C=O) groups excluding carboxylic acids is 1. The van der Waals surface area contributed by atoms with E-state index in [0.717, 1.165) is 6.42 Å². The molecule has 2 rings (SSSR count). The van der Waals surface area contributed by atoms with Gasteiger partial charge < -0.3 is 14.8 Å². The molecule has 1 aliphatic carbocycles. The molecule has 1 N–H and O–H groups in total. The second kappa shape index (κ2) is 5.79. The molecule has 1 saturated carbocycles. The molecule has 0 spiro atoms. The average molecular weight is 281 g/mol. The van der Waals surface area contributed by atoms with Crippen molar-refractivity contribution in [3.8, 4) is 5.75 Å². The molecule has 0 bridgehead atoms. The van der Waals surface area contributed by atoms with Gasteiger partial charge in [0.25, 0.3) is 0 Å². The molecule has 2 unspecified atom stereocenters. The van der Waals surface area contributed by atoms with Crippen LogP contribution in [0.25, 0.3) is 0 Å². The minimum Gasteiger partial charge on any atom is -0.490 e. The molecule has 2 atom stereocenters. The molecule has 0 saturated heterocycles. The van der Waals surface area contributed by atoms with E-state index in [4.69, 9.17) is 9.47 Å². The van der Waals surface area contributed by atoms with Crippen molar-refractivity contribution in [3.63, 3.8) is 0 Å². The predicted octanol–water partition coefficient (Wildman–Crippen LogP) is 2.20. The third-order valence-electron chi connectivity index (χ3n) is 3.97. The van der Waals surface area contributed by atoms with Gasteiger partial charge in [0.05, 0.1) is 7.11 Å². The van der Waals surface area contributed by atoms with Gasteiger partial charge in [-0.3, -0.25) is 4.79 Å². The molecule has 1 aliphatic rings. The van der Waals surface area contributed by atoms with E-state index < -0.39 is 5.54 Å². The highest BCUT2D eigenvalue weighted by Gasteiger charge is 2.46. The fraction of sp³-hybridized carbons (Fsp3) is 0.533. The maximum absolute atomic E-state index is 13.5. The summed E-state index contributed by atoms with van der Waals surface area (Å²) in [7, 11) is 3.12. The van der Waals surface area contributed by atoms with Gasteiger partial charge in [0.1, 0.15) is 23.2 Å².